The number of pyridine rings is 2. The monoisotopic (exact) mass is 444 g/mol. The number of amides is 2. The van der Waals surface area contributed by atoms with Gasteiger partial charge in [0.1, 0.15) is 12.0 Å². The molecule has 2 fully saturated rings. The van der Waals surface area contributed by atoms with Crippen LogP contribution in [0.3, 0.4) is 0 Å². The first kappa shape index (κ1) is 20.0. The minimum Gasteiger partial charge on any atom is -0.368 e. The normalized spacial score (nSPS) is 21.3. The third kappa shape index (κ3) is 3.65. The average molecular weight is 445 g/mol. The molecule has 0 spiro atoms. The molecule has 2 bridgehead atoms. The fourth-order valence-electron chi connectivity index (χ4n) is 5.05. The largest absolute Gasteiger partial charge is 0.368 e. The maximum atomic E-state index is 13.7. The zero-order valence-electron chi connectivity index (χ0n) is 18.2. The summed E-state index contributed by atoms with van der Waals surface area (Å²) in [6.07, 6.45) is 2.35. The van der Waals surface area contributed by atoms with Crippen molar-refractivity contribution >= 4 is 29.0 Å². The molecule has 2 aromatic heterocycles. The molecule has 7 nitrogen and oxygen atoms in total. The van der Waals surface area contributed by atoms with E-state index in [0.29, 0.717) is 24.6 Å². The van der Waals surface area contributed by atoms with E-state index in [0.717, 1.165) is 48.7 Å². The molecular formula is C25H25FN6O. The van der Waals surface area contributed by atoms with Crippen LogP contribution in [0, 0.1) is 0 Å². The maximum absolute atomic E-state index is 13.7. The highest BCUT2D eigenvalue weighted by Gasteiger charge is 2.40. The van der Waals surface area contributed by atoms with Crippen molar-refractivity contribution in [3.05, 3.63) is 60.8 Å². The van der Waals surface area contributed by atoms with Crippen LogP contribution in [0.25, 0.3) is 11.3 Å². The molecule has 2 amide bonds. The van der Waals surface area contributed by atoms with Crippen LogP contribution < -0.4 is 20.0 Å². The van der Waals surface area contributed by atoms with Crippen LogP contribution in [0.1, 0.15) is 12.8 Å². The summed E-state index contributed by atoms with van der Waals surface area (Å²) in [5.74, 6) is 1.19. The summed E-state index contributed by atoms with van der Waals surface area (Å²) in [5.41, 5.74) is 3.72. The molecule has 33 heavy (non-hydrogen) atoms. The van der Waals surface area contributed by atoms with Crippen molar-refractivity contribution in [1.82, 2.24) is 9.97 Å². The van der Waals surface area contributed by atoms with E-state index in [4.69, 9.17) is 4.98 Å². The summed E-state index contributed by atoms with van der Waals surface area (Å²) in [5, 5.41) is 2.92. The van der Waals surface area contributed by atoms with E-state index in [1.807, 2.05) is 36.4 Å². The van der Waals surface area contributed by atoms with Gasteiger partial charge in [0, 0.05) is 43.6 Å². The third-order valence-electron chi connectivity index (χ3n) is 6.71. The van der Waals surface area contributed by atoms with Crippen molar-refractivity contribution in [1.29, 1.82) is 0 Å². The number of nitrogens with one attached hydrogen (secondary N) is 1. The molecule has 2 atom stereocenters. The molecule has 3 aliphatic heterocycles. The first-order chi connectivity index (χ1) is 16.2. The average Bonchev–Trinajstić information content (AvgIpc) is 3.47. The molecule has 1 N–H and O–H groups in total. The summed E-state index contributed by atoms with van der Waals surface area (Å²) in [4.78, 5) is 28.6. The number of anilines is 4. The molecule has 1 aromatic carbocycles. The molecule has 6 rings (SSSR count). The van der Waals surface area contributed by atoms with E-state index >= 15 is 0 Å². The Morgan fingerprint density at radius 3 is 2.73 bits per heavy atom. The van der Waals surface area contributed by atoms with Crippen LogP contribution in [0.5, 0.6) is 0 Å². The van der Waals surface area contributed by atoms with Crippen LogP contribution in [0.15, 0.2) is 60.8 Å². The van der Waals surface area contributed by atoms with Gasteiger partial charge >= 0.3 is 6.03 Å². The van der Waals surface area contributed by atoms with Crippen molar-refractivity contribution in [2.75, 3.05) is 46.2 Å². The van der Waals surface area contributed by atoms with Gasteiger partial charge in [-0.3, -0.25) is 10.2 Å². The van der Waals surface area contributed by atoms with Crippen LogP contribution >= 0.6 is 0 Å². The van der Waals surface area contributed by atoms with Gasteiger partial charge in [-0.2, -0.15) is 0 Å². The van der Waals surface area contributed by atoms with Gasteiger partial charge in [0.2, 0.25) is 0 Å². The lowest BCUT2D eigenvalue weighted by Gasteiger charge is -2.35. The van der Waals surface area contributed by atoms with Gasteiger partial charge in [0.05, 0.1) is 17.4 Å². The molecule has 168 valence electrons. The van der Waals surface area contributed by atoms with Crippen molar-refractivity contribution in [3.8, 4) is 11.3 Å². The number of hydrogen-bond donors (Lipinski definition) is 1. The zero-order valence-corrected chi connectivity index (χ0v) is 18.2. The van der Waals surface area contributed by atoms with Gasteiger partial charge in [0.25, 0.3) is 0 Å². The fraction of sp³-hybridized carbons (Fsp3) is 0.320. The summed E-state index contributed by atoms with van der Waals surface area (Å²) < 4.78 is 13.7. The lowest BCUT2D eigenvalue weighted by Crippen LogP contribution is -2.48. The number of fused-ring (bicyclic) bond motifs is 4. The summed E-state index contributed by atoms with van der Waals surface area (Å²) in [7, 11) is 0. The number of halogens is 1. The Morgan fingerprint density at radius 2 is 1.91 bits per heavy atom. The number of hydrogen-bond acceptors (Lipinski definition) is 5. The summed E-state index contributed by atoms with van der Waals surface area (Å²) in [6, 6.07) is 17.4. The summed E-state index contributed by atoms with van der Waals surface area (Å²) >= 11 is 0. The number of alkyl halides is 1. The van der Waals surface area contributed by atoms with Gasteiger partial charge in [-0.25, -0.2) is 19.2 Å². The molecule has 0 aliphatic carbocycles. The minimum absolute atomic E-state index is 0.0707. The van der Waals surface area contributed by atoms with Gasteiger partial charge in [-0.05, 0) is 49.2 Å². The highest BCUT2D eigenvalue weighted by atomic mass is 19.1. The molecule has 8 heteroatoms. The topological polar surface area (TPSA) is 64.6 Å². The van der Waals surface area contributed by atoms with Gasteiger partial charge in [-0.1, -0.05) is 18.2 Å². The molecule has 2 saturated heterocycles. The quantitative estimate of drug-likeness (QED) is 0.652. The number of nitrogens with zero attached hydrogens (tertiary/aromatic N) is 5. The van der Waals surface area contributed by atoms with Crippen molar-refractivity contribution in [2.24, 2.45) is 0 Å². The third-order valence-corrected chi connectivity index (χ3v) is 6.71. The van der Waals surface area contributed by atoms with E-state index in [1.165, 1.54) is 0 Å². The predicted molar refractivity (Wildman–Crippen MR) is 128 cm³/mol. The maximum Gasteiger partial charge on any atom is 0.329 e. The van der Waals surface area contributed by atoms with Crippen LogP contribution in [-0.4, -0.2) is 54.4 Å². The molecular weight excluding hydrogens is 419 g/mol. The van der Waals surface area contributed by atoms with E-state index in [2.05, 4.69) is 32.2 Å². The highest BCUT2D eigenvalue weighted by molar-refractivity contribution is 6.04. The summed E-state index contributed by atoms with van der Waals surface area (Å²) in [6.45, 7) is 2.86. The number of carbonyl (C=O) groups excluding carboxylic acids is 1. The molecule has 0 radical (unpaired) electrons. The van der Waals surface area contributed by atoms with E-state index < -0.39 is 6.17 Å². The molecule has 0 unspecified atom stereocenters. The standard InChI is InChI=1S/C25H25FN6O/c26-18-9-12-30(15-18)19-5-3-4-17(14-19)21-7-8-22-24(28-21)32(20-10-13-31(22)16-20)25(33)29-23-6-1-2-11-27-23/h1-8,11,14,18,20H,9-10,12-13,15-16H2,(H,27,29,33)/t18-,20-/m0/s1. The Kier molecular flexibility index (Phi) is 4.86. The number of benzene rings is 1. The second-order valence-electron chi connectivity index (χ2n) is 8.83. The van der Waals surface area contributed by atoms with Gasteiger partial charge < -0.3 is 9.80 Å². The Labute approximate surface area is 191 Å². The highest BCUT2D eigenvalue weighted by Crippen LogP contribution is 2.40. The molecule has 3 aliphatic rings. The molecule has 5 heterocycles. The molecule has 3 aromatic rings. The second-order valence-corrected chi connectivity index (χ2v) is 8.83. The Morgan fingerprint density at radius 1 is 1.00 bits per heavy atom. The van der Waals surface area contributed by atoms with Crippen LogP contribution in [0.2, 0.25) is 0 Å². The van der Waals surface area contributed by atoms with Crippen molar-refractivity contribution in [3.63, 3.8) is 0 Å². The smallest absolute Gasteiger partial charge is 0.329 e. The first-order valence-electron chi connectivity index (χ1n) is 11.4. The first-order valence-corrected chi connectivity index (χ1v) is 11.4. The Balaban J connectivity index is 1.34. The number of rotatable bonds is 3. The predicted octanol–water partition coefficient (Wildman–Crippen LogP) is 4.32. The zero-order chi connectivity index (χ0) is 22.4. The van der Waals surface area contributed by atoms with E-state index in [1.54, 1.807) is 17.2 Å². The van der Waals surface area contributed by atoms with Crippen LogP contribution in [-0.2, 0) is 0 Å². The minimum atomic E-state index is -0.772. The van der Waals surface area contributed by atoms with Crippen LogP contribution in [0.4, 0.5) is 32.2 Å². The Hall–Kier alpha value is -3.68. The second kappa shape index (κ2) is 8.03. The van der Waals surface area contributed by atoms with Crippen molar-refractivity contribution in [2.45, 2.75) is 25.1 Å². The number of urea groups is 1. The molecule has 0 saturated carbocycles. The van der Waals surface area contributed by atoms with E-state index in [-0.39, 0.29) is 12.1 Å². The lowest BCUT2D eigenvalue weighted by atomic mass is 10.1. The Bertz CT molecular complexity index is 1190. The SMILES string of the molecule is O=C(Nc1ccccn1)N1c2nc(-c3cccc(N4CC[C@H](F)C4)c3)ccc2N2CC[C@H]1C2. The van der Waals surface area contributed by atoms with Gasteiger partial charge in [-0.15, -0.1) is 0 Å². The number of aromatic nitrogens is 2. The fourth-order valence-corrected chi connectivity index (χ4v) is 5.05. The number of carbonyl (C=O) groups is 1. The van der Waals surface area contributed by atoms with Gasteiger partial charge in [0.15, 0.2) is 5.82 Å². The van der Waals surface area contributed by atoms with E-state index in [9.17, 15) is 9.18 Å². The lowest BCUT2D eigenvalue weighted by molar-refractivity contribution is 0.254. The van der Waals surface area contributed by atoms with Crippen molar-refractivity contribution < 1.29 is 9.18 Å².